The molecule has 4 nitrogen and oxygen atoms in total. The monoisotopic (exact) mass is 275 g/mol. The van der Waals surface area contributed by atoms with Gasteiger partial charge in [0.2, 0.25) is 0 Å². The largest absolute Gasteiger partial charge is 0.493 e. The average Bonchev–Trinajstić information content (AvgIpc) is 2.49. The van der Waals surface area contributed by atoms with Crippen molar-refractivity contribution in [2.24, 2.45) is 5.73 Å². The highest BCUT2D eigenvalue weighted by Crippen LogP contribution is 2.26. The van der Waals surface area contributed by atoms with E-state index in [4.69, 9.17) is 10.5 Å². The molecule has 0 atom stereocenters. The summed E-state index contributed by atoms with van der Waals surface area (Å²) >= 11 is 0. The molecule has 0 spiro atoms. The van der Waals surface area contributed by atoms with Crippen LogP contribution in [-0.4, -0.2) is 55.7 Å². The predicted octanol–water partition coefficient (Wildman–Crippen LogP) is 1.09. The Morgan fingerprint density at radius 1 is 1.10 bits per heavy atom. The van der Waals surface area contributed by atoms with Crippen LogP contribution in [-0.2, 0) is 13.0 Å². The Kier molecular flexibility index (Phi) is 4.55. The number of aryl methyl sites for hydroxylation is 1. The van der Waals surface area contributed by atoms with E-state index in [9.17, 15) is 0 Å². The first-order valence-corrected chi connectivity index (χ1v) is 7.74. The fraction of sp³-hybridized carbons (Fsp3) is 0.625. The van der Waals surface area contributed by atoms with Crippen molar-refractivity contribution in [3.8, 4) is 5.75 Å². The number of nitrogens with two attached hydrogens (primary N) is 1. The summed E-state index contributed by atoms with van der Waals surface area (Å²) in [6.45, 7) is 8.31. The van der Waals surface area contributed by atoms with E-state index in [1.165, 1.54) is 11.1 Å². The summed E-state index contributed by atoms with van der Waals surface area (Å²) in [5.74, 6) is 1.09. The van der Waals surface area contributed by atoms with Crippen molar-refractivity contribution < 1.29 is 4.74 Å². The molecule has 0 radical (unpaired) electrons. The molecule has 2 N–H and O–H groups in total. The molecule has 1 aromatic carbocycles. The first-order valence-electron chi connectivity index (χ1n) is 7.74. The van der Waals surface area contributed by atoms with Gasteiger partial charge < -0.3 is 10.5 Å². The molecular formula is C16H25N3O. The number of hydrogen-bond acceptors (Lipinski definition) is 4. The molecule has 0 aromatic heterocycles. The molecule has 2 aliphatic heterocycles. The molecule has 4 heteroatoms. The number of piperazine rings is 1. The minimum atomic E-state index is 0.769. The van der Waals surface area contributed by atoms with Crippen molar-refractivity contribution in [2.75, 3.05) is 45.9 Å². The molecule has 1 fully saturated rings. The second-order valence-corrected chi connectivity index (χ2v) is 5.80. The van der Waals surface area contributed by atoms with E-state index < -0.39 is 0 Å². The number of rotatable bonds is 4. The molecular weight excluding hydrogens is 250 g/mol. The fourth-order valence-corrected chi connectivity index (χ4v) is 3.12. The van der Waals surface area contributed by atoms with Crippen LogP contribution in [0, 0.1) is 0 Å². The highest BCUT2D eigenvalue weighted by molar-refractivity contribution is 5.38. The number of hydrogen-bond donors (Lipinski definition) is 1. The summed E-state index contributed by atoms with van der Waals surface area (Å²) in [7, 11) is 0. The van der Waals surface area contributed by atoms with Gasteiger partial charge in [-0.1, -0.05) is 12.1 Å². The third-order valence-electron chi connectivity index (χ3n) is 4.29. The third-order valence-corrected chi connectivity index (χ3v) is 4.29. The summed E-state index contributed by atoms with van der Waals surface area (Å²) in [6.07, 6.45) is 2.31. The molecule has 0 amide bonds. The fourth-order valence-electron chi connectivity index (χ4n) is 3.12. The lowest BCUT2D eigenvalue weighted by Gasteiger charge is -2.34. The molecule has 1 saturated heterocycles. The topological polar surface area (TPSA) is 41.7 Å². The molecule has 3 rings (SSSR count). The lowest BCUT2D eigenvalue weighted by molar-refractivity contribution is 0.130. The smallest absolute Gasteiger partial charge is 0.122 e. The van der Waals surface area contributed by atoms with Crippen molar-refractivity contribution in [3.05, 3.63) is 29.3 Å². The summed E-state index contributed by atoms with van der Waals surface area (Å²) in [5.41, 5.74) is 8.42. The zero-order valence-electron chi connectivity index (χ0n) is 12.2. The Labute approximate surface area is 121 Å². The SMILES string of the molecule is NCCN1CCN(Cc2ccc3c(c2)CCCO3)CC1. The Morgan fingerprint density at radius 2 is 1.90 bits per heavy atom. The van der Waals surface area contributed by atoms with Gasteiger partial charge in [-0.25, -0.2) is 0 Å². The quantitative estimate of drug-likeness (QED) is 0.893. The van der Waals surface area contributed by atoms with Crippen LogP contribution in [0.2, 0.25) is 0 Å². The van der Waals surface area contributed by atoms with Gasteiger partial charge in [0.1, 0.15) is 5.75 Å². The minimum Gasteiger partial charge on any atom is -0.493 e. The molecule has 0 unspecified atom stereocenters. The number of fused-ring (bicyclic) bond motifs is 1. The number of nitrogens with zero attached hydrogens (tertiary/aromatic N) is 2. The molecule has 0 aliphatic carbocycles. The maximum atomic E-state index is 5.68. The van der Waals surface area contributed by atoms with Crippen molar-refractivity contribution in [1.29, 1.82) is 0 Å². The van der Waals surface area contributed by atoms with Crippen molar-refractivity contribution in [3.63, 3.8) is 0 Å². The van der Waals surface area contributed by atoms with E-state index in [0.29, 0.717) is 0 Å². The zero-order valence-corrected chi connectivity index (χ0v) is 12.2. The molecule has 110 valence electrons. The summed E-state index contributed by atoms with van der Waals surface area (Å²) < 4.78 is 5.68. The molecule has 0 bridgehead atoms. The second kappa shape index (κ2) is 6.57. The number of ether oxygens (including phenoxy) is 1. The van der Waals surface area contributed by atoms with Gasteiger partial charge in [-0.05, 0) is 30.0 Å². The normalized spacial score (nSPS) is 20.4. The first kappa shape index (κ1) is 13.9. The van der Waals surface area contributed by atoms with E-state index in [2.05, 4.69) is 28.0 Å². The molecule has 2 aliphatic rings. The van der Waals surface area contributed by atoms with E-state index in [1.807, 2.05) is 0 Å². The van der Waals surface area contributed by atoms with Gasteiger partial charge in [-0.3, -0.25) is 9.80 Å². The lowest BCUT2D eigenvalue weighted by Crippen LogP contribution is -2.47. The Bertz CT molecular complexity index is 441. The average molecular weight is 275 g/mol. The minimum absolute atomic E-state index is 0.769. The molecule has 2 heterocycles. The summed E-state index contributed by atoms with van der Waals surface area (Å²) in [5, 5.41) is 0. The Morgan fingerprint density at radius 3 is 2.70 bits per heavy atom. The van der Waals surface area contributed by atoms with Crippen LogP contribution < -0.4 is 10.5 Å². The maximum absolute atomic E-state index is 5.68. The van der Waals surface area contributed by atoms with Crippen molar-refractivity contribution in [1.82, 2.24) is 9.80 Å². The summed E-state index contributed by atoms with van der Waals surface area (Å²) in [4.78, 5) is 5.00. The predicted molar refractivity (Wildman–Crippen MR) is 81.0 cm³/mol. The maximum Gasteiger partial charge on any atom is 0.122 e. The third kappa shape index (κ3) is 3.32. The van der Waals surface area contributed by atoms with Crippen molar-refractivity contribution in [2.45, 2.75) is 19.4 Å². The Balaban J connectivity index is 1.56. The van der Waals surface area contributed by atoms with Crippen molar-refractivity contribution >= 4 is 0 Å². The van der Waals surface area contributed by atoms with E-state index in [1.54, 1.807) is 0 Å². The van der Waals surface area contributed by atoms with Crippen LogP contribution in [0.5, 0.6) is 5.75 Å². The standard InChI is InChI=1S/C16H25N3O/c17-5-6-18-7-9-19(10-8-18)13-14-3-4-16-15(12-14)2-1-11-20-16/h3-4,12H,1-2,5-11,13,17H2. The highest BCUT2D eigenvalue weighted by Gasteiger charge is 2.17. The first-order chi connectivity index (χ1) is 9.85. The molecule has 1 aromatic rings. The van der Waals surface area contributed by atoms with Crippen LogP contribution in [0.25, 0.3) is 0 Å². The van der Waals surface area contributed by atoms with E-state index in [-0.39, 0.29) is 0 Å². The van der Waals surface area contributed by atoms with Crippen LogP contribution >= 0.6 is 0 Å². The van der Waals surface area contributed by atoms with Crippen LogP contribution in [0.1, 0.15) is 17.5 Å². The van der Waals surface area contributed by atoms with Gasteiger partial charge in [-0.15, -0.1) is 0 Å². The van der Waals surface area contributed by atoms with Crippen LogP contribution in [0.3, 0.4) is 0 Å². The van der Waals surface area contributed by atoms with Gasteiger partial charge in [0.15, 0.2) is 0 Å². The van der Waals surface area contributed by atoms with Gasteiger partial charge >= 0.3 is 0 Å². The van der Waals surface area contributed by atoms with Gasteiger partial charge in [-0.2, -0.15) is 0 Å². The van der Waals surface area contributed by atoms with Crippen LogP contribution in [0.4, 0.5) is 0 Å². The second-order valence-electron chi connectivity index (χ2n) is 5.80. The lowest BCUT2D eigenvalue weighted by atomic mass is 10.0. The molecule has 0 saturated carbocycles. The van der Waals surface area contributed by atoms with E-state index >= 15 is 0 Å². The van der Waals surface area contributed by atoms with Gasteiger partial charge in [0, 0.05) is 45.8 Å². The molecule has 20 heavy (non-hydrogen) atoms. The number of benzene rings is 1. The van der Waals surface area contributed by atoms with Gasteiger partial charge in [0.05, 0.1) is 6.61 Å². The zero-order chi connectivity index (χ0) is 13.8. The van der Waals surface area contributed by atoms with Gasteiger partial charge in [0.25, 0.3) is 0 Å². The Hall–Kier alpha value is -1.10. The summed E-state index contributed by atoms with van der Waals surface area (Å²) in [6, 6.07) is 6.70. The highest BCUT2D eigenvalue weighted by atomic mass is 16.5. The van der Waals surface area contributed by atoms with E-state index in [0.717, 1.165) is 71.0 Å². The van der Waals surface area contributed by atoms with Crippen LogP contribution in [0.15, 0.2) is 18.2 Å².